The number of nitrogens with two attached hydrogens (primary N) is 1. The number of ketones is 1. The Kier molecular flexibility index (Phi) is 1.49. The molecule has 0 spiro atoms. The number of carbonyl (C=O) groups excluding carboxylic acids is 1. The van der Waals surface area contributed by atoms with Crippen molar-refractivity contribution in [1.29, 1.82) is 0 Å². The SMILES string of the molecule is NC1=N[C@@H]2C(=O)CC=C[C@@H]2S1. The Labute approximate surface area is 68.7 Å². The van der Waals surface area contributed by atoms with E-state index >= 15 is 0 Å². The molecule has 0 aromatic rings. The molecule has 4 heteroatoms. The van der Waals surface area contributed by atoms with Crippen molar-refractivity contribution in [2.24, 2.45) is 10.7 Å². The molecule has 3 nitrogen and oxygen atoms in total. The van der Waals surface area contributed by atoms with Crippen molar-refractivity contribution in [1.82, 2.24) is 0 Å². The normalized spacial score (nSPS) is 35.3. The zero-order valence-electron chi connectivity index (χ0n) is 5.86. The van der Waals surface area contributed by atoms with Crippen molar-refractivity contribution in [3.63, 3.8) is 0 Å². The molecule has 0 saturated carbocycles. The molecule has 0 aromatic carbocycles. The number of amidine groups is 1. The first-order valence-electron chi connectivity index (χ1n) is 3.46. The van der Waals surface area contributed by atoms with Crippen LogP contribution in [0.25, 0.3) is 0 Å². The first-order chi connectivity index (χ1) is 5.27. The predicted octanol–water partition coefficient (Wildman–Crippen LogP) is 0.314. The number of Topliss-reactive ketones (excluding diaryl/α,β-unsaturated/α-hetero) is 1. The Hall–Kier alpha value is -0.770. The second kappa shape index (κ2) is 2.37. The molecule has 1 aliphatic carbocycles. The molecule has 0 radical (unpaired) electrons. The summed E-state index contributed by atoms with van der Waals surface area (Å²) in [4.78, 5) is 15.2. The number of fused-ring (bicyclic) bond motifs is 1. The molecule has 0 aromatic heterocycles. The Morgan fingerprint density at radius 1 is 1.73 bits per heavy atom. The topological polar surface area (TPSA) is 55.4 Å². The lowest BCUT2D eigenvalue weighted by Gasteiger charge is -2.14. The average molecular weight is 168 g/mol. The summed E-state index contributed by atoms with van der Waals surface area (Å²) in [5.74, 6) is 0.186. The molecular formula is C7H8N2OS. The van der Waals surface area contributed by atoms with Crippen LogP contribution in [-0.4, -0.2) is 22.2 Å². The van der Waals surface area contributed by atoms with Gasteiger partial charge in [-0.3, -0.25) is 4.79 Å². The maximum absolute atomic E-state index is 11.2. The Morgan fingerprint density at radius 2 is 2.55 bits per heavy atom. The number of thioether (sulfide) groups is 1. The van der Waals surface area contributed by atoms with Crippen molar-refractivity contribution in [3.05, 3.63) is 12.2 Å². The summed E-state index contributed by atoms with van der Waals surface area (Å²) < 4.78 is 0. The summed E-state index contributed by atoms with van der Waals surface area (Å²) in [5.41, 5.74) is 5.48. The van der Waals surface area contributed by atoms with Gasteiger partial charge in [-0.1, -0.05) is 23.9 Å². The van der Waals surface area contributed by atoms with Crippen LogP contribution < -0.4 is 5.73 Å². The van der Waals surface area contributed by atoms with Crippen LogP contribution in [0.2, 0.25) is 0 Å². The molecular weight excluding hydrogens is 160 g/mol. The summed E-state index contributed by atoms with van der Waals surface area (Å²) in [6.45, 7) is 0. The molecule has 0 amide bonds. The first-order valence-corrected chi connectivity index (χ1v) is 4.34. The molecule has 58 valence electrons. The molecule has 0 unspecified atom stereocenters. The maximum atomic E-state index is 11.2. The van der Waals surface area contributed by atoms with Gasteiger partial charge in [0, 0.05) is 6.42 Å². The van der Waals surface area contributed by atoms with Gasteiger partial charge in [0.2, 0.25) is 0 Å². The van der Waals surface area contributed by atoms with E-state index in [4.69, 9.17) is 5.73 Å². The zero-order valence-corrected chi connectivity index (χ0v) is 6.67. The van der Waals surface area contributed by atoms with E-state index in [1.807, 2.05) is 12.2 Å². The highest BCUT2D eigenvalue weighted by Gasteiger charge is 2.34. The summed E-state index contributed by atoms with van der Waals surface area (Å²) in [5, 5.41) is 0.719. The van der Waals surface area contributed by atoms with Crippen molar-refractivity contribution < 1.29 is 4.79 Å². The number of carbonyl (C=O) groups is 1. The zero-order chi connectivity index (χ0) is 7.84. The smallest absolute Gasteiger partial charge is 0.162 e. The highest BCUT2D eigenvalue weighted by molar-refractivity contribution is 8.14. The Balaban J connectivity index is 2.28. The summed E-state index contributed by atoms with van der Waals surface area (Å²) in [7, 11) is 0. The second-order valence-electron chi connectivity index (χ2n) is 2.59. The lowest BCUT2D eigenvalue weighted by molar-refractivity contribution is -0.119. The van der Waals surface area contributed by atoms with Gasteiger partial charge in [0.25, 0.3) is 0 Å². The van der Waals surface area contributed by atoms with Crippen molar-refractivity contribution in [2.75, 3.05) is 0 Å². The van der Waals surface area contributed by atoms with E-state index in [0.717, 1.165) is 0 Å². The van der Waals surface area contributed by atoms with Gasteiger partial charge in [-0.2, -0.15) is 0 Å². The predicted molar refractivity (Wildman–Crippen MR) is 45.6 cm³/mol. The number of hydrogen-bond donors (Lipinski definition) is 1. The van der Waals surface area contributed by atoms with E-state index in [9.17, 15) is 4.79 Å². The van der Waals surface area contributed by atoms with Gasteiger partial charge in [-0.15, -0.1) is 0 Å². The van der Waals surface area contributed by atoms with E-state index in [2.05, 4.69) is 4.99 Å². The standard InChI is InChI=1S/C7H8N2OS/c8-7-9-6-4(10)2-1-3-5(6)11-7/h1,3,5-6H,2H2,(H2,8,9)/t5-,6+/m0/s1. The van der Waals surface area contributed by atoms with E-state index < -0.39 is 0 Å². The third kappa shape index (κ3) is 1.07. The molecule has 2 N–H and O–H groups in total. The molecule has 0 saturated heterocycles. The highest BCUT2D eigenvalue weighted by Crippen LogP contribution is 2.29. The van der Waals surface area contributed by atoms with Crippen molar-refractivity contribution >= 4 is 22.7 Å². The number of aliphatic imine (C=N–C) groups is 1. The quantitative estimate of drug-likeness (QED) is 0.530. The number of nitrogens with zero attached hydrogens (tertiary/aromatic N) is 1. The monoisotopic (exact) mass is 168 g/mol. The first kappa shape index (κ1) is 6.91. The van der Waals surface area contributed by atoms with E-state index in [-0.39, 0.29) is 17.1 Å². The summed E-state index contributed by atoms with van der Waals surface area (Å²) in [6.07, 6.45) is 4.42. The summed E-state index contributed by atoms with van der Waals surface area (Å²) in [6, 6.07) is -0.190. The van der Waals surface area contributed by atoms with Crippen LogP contribution in [-0.2, 0) is 4.79 Å². The van der Waals surface area contributed by atoms with Gasteiger partial charge in [0.05, 0.1) is 5.25 Å². The van der Waals surface area contributed by atoms with E-state index in [1.165, 1.54) is 11.8 Å². The van der Waals surface area contributed by atoms with Gasteiger partial charge in [0.1, 0.15) is 6.04 Å². The van der Waals surface area contributed by atoms with Crippen molar-refractivity contribution in [2.45, 2.75) is 17.7 Å². The number of allylic oxidation sites excluding steroid dienone is 1. The van der Waals surface area contributed by atoms with Gasteiger partial charge in [-0.25, -0.2) is 4.99 Å². The fourth-order valence-electron chi connectivity index (χ4n) is 1.28. The van der Waals surface area contributed by atoms with Crippen LogP contribution in [0.15, 0.2) is 17.1 Å². The van der Waals surface area contributed by atoms with Gasteiger partial charge >= 0.3 is 0 Å². The van der Waals surface area contributed by atoms with Crippen LogP contribution >= 0.6 is 11.8 Å². The van der Waals surface area contributed by atoms with Crippen LogP contribution in [0.3, 0.4) is 0 Å². The van der Waals surface area contributed by atoms with Gasteiger partial charge in [-0.05, 0) is 0 Å². The van der Waals surface area contributed by atoms with Crippen LogP contribution in [0.4, 0.5) is 0 Å². The fraction of sp³-hybridized carbons (Fsp3) is 0.429. The average Bonchev–Trinajstić information content (AvgIpc) is 2.31. The van der Waals surface area contributed by atoms with Gasteiger partial charge < -0.3 is 5.73 Å². The highest BCUT2D eigenvalue weighted by atomic mass is 32.2. The third-order valence-corrected chi connectivity index (χ3v) is 2.84. The minimum absolute atomic E-state index is 0.177. The molecule has 2 aliphatic rings. The maximum Gasteiger partial charge on any atom is 0.162 e. The third-order valence-electron chi connectivity index (χ3n) is 1.81. The van der Waals surface area contributed by atoms with Crippen molar-refractivity contribution in [3.8, 4) is 0 Å². The van der Waals surface area contributed by atoms with Crippen LogP contribution in [0, 0.1) is 0 Å². The lowest BCUT2D eigenvalue weighted by atomic mass is 10.0. The lowest BCUT2D eigenvalue weighted by Crippen LogP contribution is -2.28. The molecule has 2 atom stereocenters. The molecule has 11 heavy (non-hydrogen) atoms. The molecule has 0 fully saturated rings. The summed E-state index contributed by atoms with van der Waals surface area (Å²) >= 11 is 1.47. The van der Waals surface area contributed by atoms with E-state index in [1.54, 1.807) is 0 Å². The van der Waals surface area contributed by atoms with Crippen LogP contribution in [0.1, 0.15) is 6.42 Å². The number of rotatable bonds is 0. The minimum atomic E-state index is -0.190. The Morgan fingerprint density at radius 3 is 3.27 bits per heavy atom. The molecule has 0 bridgehead atoms. The second-order valence-corrected chi connectivity index (χ2v) is 3.79. The van der Waals surface area contributed by atoms with Crippen LogP contribution in [0.5, 0.6) is 0 Å². The largest absolute Gasteiger partial charge is 0.378 e. The minimum Gasteiger partial charge on any atom is -0.378 e. The Bertz CT molecular complexity index is 259. The number of hydrogen-bond acceptors (Lipinski definition) is 4. The fourth-order valence-corrected chi connectivity index (χ4v) is 2.27. The molecule has 1 heterocycles. The molecule has 1 aliphatic heterocycles. The van der Waals surface area contributed by atoms with Gasteiger partial charge in [0.15, 0.2) is 11.0 Å². The molecule has 2 rings (SSSR count). The van der Waals surface area contributed by atoms with E-state index in [0.29, 0.717) is 11.6 Å².